The van der Waals surface area contributed by atoms with Gasteiger partial charge < -0.3 is 4.74 Å². The minimum absolute atomic E-state index is 0.338. The topological polar surface area (TPSA) is 109 Å². The molecular formula is C12H18N4O4. The molecule has 8 heteroatoms. The number of carbonyl (C=O) groups is 3. The van der Waals surface area contributed by atoms with Crippen LogP contribution in [0.3, 0.4) is 0 Å². The second-order valence-corrected chi connectivity index (χ2v) is 6.24. The molecule has 0 bridgehead atoms. The van der Waals surface area contributed by atoms with Gasteiger partial charge in [-0.25, -0.2) is 5.43 Å². The summed E-state index contributed by atoms with van der Waals surface area (Å²) < 4.78 is 5.68. The summed E-state index contributed by atoms with van der Waals surface area (Å²) in [6.07, 6.45) is 1.08. The van der Waals surface area contributed by atoms with E-state index >= 15 is 0 Å². The van der Waals surface area contributed by atoms with Gasteiger partial charge in [0.15, 0.2) is 0 Å². The molecular weight excluding hydrogens is 264 g/mol. The van der Waals surface area contributed by atoms with Gasteiger partial charge in [-0.15, -0.1) is 0 Å². The fourth-order valence-electron chi connectivity index (χ4n) is 3.54. The summed E-state index contributed by atoms with van der Waals surface area (Å²) in [6, 6.07) is 0. The SMILES string of the molecule is CC1(C)C[C@]2(CCO1)NNC(=O)[C@H]1C(=O)NNC(=O)[C@H]12. The number of hydrogen-bond donors (Lipinski definition) is 4. The Morgan fingerprint density at radius 2 is 1.70 bits per heavy atom. The van der Waals surface area contributed by atoms with Crippen molar-refractivity contribution in [3.63, 3.8) is 0 Å². The standard InChI is InChI=1S/C12H18N4O4/c1-11(2)5-12(3-4-20-11)7-6(9(18)15-16-12)8(17)13-14-10(7)19/h6-7,16H,3-5H2,1-2H3,(H,13,17)(H,14,19)(H,15,18)/t6-,7+,12+/m1/s1. The zero-order valence-corrected chi connectivity index (χ0v) is 11.4. The molecule has 1 spiro atoms. The van der Waals surface area contributed by atoms with Crippen LogP contribution in [0.15, 0.2) is 0 Å². The third-order valence-corrected chi connectivity index (χ3v) is 4.30. The van der Waals surface area contributed by atoms with Crippen LogP contribution in [0.2, 0.25) is 0 Å². The number of hydrogen-bond acceptors (Lipinski definition) is 5. The minimum Gasteiger partial charge on any atom is -0.375 e. The average molecular weight is 282 g/mol. The lowest BCUT2D eigenvalue weighted by Gasteiger charge is -2.53. The lowest BCUT2D eigenvalue weighted by molar-refractivity contribution is -0.169. The average Bonchev–Trinajstić information content (AvgIpc) is 2.36. The van der Waals surface area contributed by atoms with Gasteiger partial charge in [-0.2, -0.15) is 0 Å². The van der Waals surface area contributed by atoms with Crippen molar-refractivity contribution in [1.82, 2.24) is 21.7 Å². The fraction of sp³-hybridized carbons (Fsp3) is 0.750. The van der Waals surface area contributed by atoms with Gasteiger partial charge in [0.1, 0.15) is 5.92 Å². The van der Waals surface area contributed by atoms with E-state index in [1.54, 1.807) is 0 Å². The van der Waals surface area contributed by atoms with E-state index in [1.807, 2.05) is 13.8 Å². The van der Waals surface area contributed by atoms with Gasteiger partial charge in [-0.1, -0.05) is 0 Å². The van der Waals surface area contributed by atoms with E-state index in [2.05, 4.69) is 21.7 Å². The highest BCUT2D eigenvalue weighted by Gasteiger charge is 2.59. The van der Waals surface area contributed by atoms with Crippen molar-refractivity contribution < 1.29 is 19.1 Å². The maximum atomic E-state index is 12.2. The van der Waals surface area contributed by atoms with Gasteiger partial charge in [-0.05, 0) is 26.7 Å². The van der Waals surface area contributed by atoms with Crippen LogP contribution in [0.5, 0.6) is 0 Å². The quantitative estimate of drug-likeness (QED) is 0.398. The zero-order chi connectivity index (χ0) is 14.5. The summed E-state index contributed by atoms with van der Waals surface area (Å²) in [5, 5.41) is 0. The molecule has 110 valence electrons. The van der Waals surface area contributed by atoms with Crippen LogP contribution in [0.25, 0.3) is 0 Å². The first-order valence-corrected chi connectivity index (χ1v) is 6.65. The molecule has 3 rings (SSSR count). The molecule has 20 heavy (non-hydrogen) atoms. The van der Waals surface area contributed by atoms with Crippen LogP contribution in [-0.2, 0) is 19.1 Å². The van der Waals surface area contributed by atoms with Crippen molar-refractivity contribution in [3.05, 3.63) is 0 Å². The molecule has 0 aliphatic carbocycles. The van der Waals surface area contributed by atoms with Gasteiger partial charge in [0, 0.05) is 6.61 Å². The maximum absolute atomic E-state index is 12.2. The Kier molecular flexibility index (Phi) is 2.77. The van der Waals surface area contributed by atoms with E-state index in [-0.39, 0.29) is 5.91 Å². The Bertz CT molecular complexity index is 484. The first kappa shape index (κ1) is 13.3. The molecule has 3 aliphatic rings. The lowest BCUT2D eigenvalue weighted by Crippen LogP contribution is -2.77. The van der Waals surface area contributed by atoms with E-state index in [0.29, 0.717) is 19.4 Å². The molecule has 4 N–H and O–H groups in total. The second-order valence-electron chi connectivity index (χ2n) is 6.24. The molecule has 0 aromatic rings. The minimum atomic E-state index is -1.00. The summed E-state index contributed by atoms with van der Waals surface area (Å²) >= 11 is 0. The third-order valence-electron chi connectivity index (χ3n) is 4.30. The molecule has 0 aromatic heterocycles. The predicted molar refractivity (Wildman–Crippen MR) is 66.5 cm³/mol. The van der Waals surface area contributed by atoms with Crippen LogP contribution in [0, 0.1) is 11.8 Å². The molecule has 3 aliphatic heterocycles. The molecule has 3 heterocycles. The van der Waals surface area contributed by atoms with Crippen LogP contribution in [-0.4, -0.2) is 35.5 Å². The van der Waals surface area contributed by atoms with Crippen LogP contribution >= 0.6 is 0 Å². The highest BCUT2D eigenvalue weighted by molar-refractivity contribution is 6.08. The Balaban J connectivity index is 2.00. The summed E-state index contributed by atoms with van der Waals surface area (Å²) in [4.78, 5) is 36.1. The summed E-state index contributed by atoms with van der Waals surface area (Å²) in [5.74, 6) is -3.02. The first-order valence-electron chi connectivity index (χ1n) is 6.65. The zero-order valence-electron chi connectivity index (χ0n) is 11.4. The number of carbonyl (C=O) groups excluding carboxylic acids is 3. The number of nitrogens with one attached hydrogen (secondary N) is 4. The number of fused-ring (bicyclic) bond motifs is 2. The Morgan fingerprint density at radius 3 is 2.40 bits per heavy atom. The van der Waals surface area contributed by atoms with E-state index in [1.165, 1.54) is 0 Å². The number of rotatable bonds is 0. The van der Waals surface area contributed by atoms with Crippen molar-refractivity contribution in [2.75, 3.05) is 6.61 Å². The molecule has 0 radical (unpaired) electrons. The number of hydrazine groups is 2. The second kappa shape index (κ2) is 4.16. The highest BCUT2D eigenvalue weighted by Crippen LogP contribution is 2.42. The van der Waals surface area contributed by atoms with Crippen molar-refractivity contribution in [2.24, 2.45) is 11.8 Å². The van der Waals surface area contributed by atoms with Gasteiger partial charge >= 0.3 is 0 Å². The molecule has 8 nitrogen and oxygen atoms in total. The van der Waals surface area contributed by atoms with Crippen molar-refractivity contribution in [3.8, 4) is 0 Å². The van der Waals surface area contributed by atoms with Crippen LogP contribution in [0.4, 0.5) is 0 Å². The molecule has 0 unspecified atom stereocenters. The molecule has 3 fully saturated rings. The maximum Gasteiger partial charge on any atom is 0.251 e. The molecule has 3 amide bonds. The van der Waals surface area contributed by atoms with Crippen molar-refractivity contribution in [1.29, 1.82) is 0 Å². The first-order chi connectivity index (χ1) is 9.35. The largest absolute Gasteiger partial charge is 0.375 e. The van der Waals surface area contributed by atoms with Gasteiger partial charge in [0.2, 0.25) is 11.8 Å². The monoisotopic (exact) mass is 282 g/mol. The van der Waals surface area contributed by atoms with Gasteiger partial charge in [0.05, 0.1) is 17.1 Å². The molecule has 3 saturated heterocycles. The van der Waals surface area contributed by atoms with Crippen molar-refractivity contribution in [2.45, 2.75) is 37.8 Å². The summed E-state index contributed by atoms with van der Waals surface area (Å²) in [7, 11) is 0. The van der Waals surface area contributed by atoms with E-state index in [0.717, 1.165) is 0 Å². The van der Waals surface area contributed by atoms with Gasteiger partial charge in [0.25, 0.3) is 5.91 Å². The molecule has 3 atom stereocenters. The highest BCUT2D eigenvalue weighted by atomic mass is 16.5. The molecule has 0 aromatic carbocycles. The summed E-state index contributed by atoms with van der Waals surface area (Å²) in [5.41, 5.74) is 9.02. The van der Waals surface area contributed by atoms with E-state index < -0.39 is 34.8 Å². The Labute approximate surface area is 115 Å². The lowest BCUT2D eigenvalue weighted by atomic mass is 9.65. The predicted octanol–water partition coefficient (Wildman–Crippen LogP) is -1.66. The number of amides is 3. The normalized spacial score (nSPS) is 39.6. The smallest absolute Gasteiger partial charge is 0.251 e. The summed E-state index contributed by atoms with van der Waals surface area (Å²) in [6.45, 7) is 4.33. The number of ether oxygens (including phenoxy) is 1. The van der Waals surface area contributed by atoms with E-state index in [9.17, 15) is 14.4 Å². The fourth-order valence-corrected chi connectivity index (χ4v) is 3.54. The third kappa shape index (κ3) is 1.87. The van der Waals surface area contributed by atoms with E-state index in [4.69, 9.17) is 4.74 Å². The van der Waals surface area contributed by atoms with Crippen LogP contribution < -0.4 is 21.7 Å². The van der Waals surface area contributed by atoms with Gasteiger partial charge in [-0.3, -0.25) is 30.7 Å². The Hall–Kier alpha value is -1.67. The van der Waals surface area contributed by atoms with Crippen LogP contribution in [0.1, 0.15) is 26.7 Å². The Morgan fingerprint density at radius 1 is 1.05 bits per heavy atom. The van der Waals surface area contributed by atoms with Crippen molar-refractivity contribution >= 4 is 17.7 Å². The molecule has 0 saturated carbocycles.